The SMILES string of the molecule is CC1CCCCC1NC(=O)Cn1nc(-c2ccco2)oc1=O. The lowest BCUT2D eigenvalue weighted by molar-refractivity contribution is -0.123. The van der Waals surface area contributed by atoms with Gasteiger partial charge in [0.2, 0.25) is 5.91 Å². The summed E-state index contributed by atoms with van der Waals surface area (Å²) < 4.78 is 11.1. The molecule has 2 aromatic heterocycles. The molecule has 0 spiro atoms. The van der Waals surface area contributed by atoms with Crippen molar-refractivity contribution in [2.24, 2.45) is 5.92 Å². The van der Waals surface area contributed by atoms with Crippen molar-refractivity contribution in [2.45, 2.75) is 45.2 Å². The molecule has 0 radical (unpaired) electrons. The lowest BCUT2D eigenvalue weighted by atomic mass is 9.86. The molecule has 3 rings (SSSR count). The summed E-state index contributed by atoms with van der Waals surface area (Å²) in [5, 5.41) is 6.97. The fourth-order valence-electron chi connectivity index (χ4n) is 2.83. The molecule has 118 valence electrons. The third-order valence-electron chi connectivity index (χ3n) is 4.09. The standard InChI is InChI=1S/C15H19N3O4/c1-10-5-2-3-6-11(10)16-13(19)9-18-15(20)22-14(17-18)12-7-4-8-21-12/h4,7-8,10-11H,2-3,5-6,9H2,1H3,(H,16,19). The molecule has 2 heterocycles. The van der Waals surface area contributed by atoms with Crippen molar-refractivity contribution < 1.29 is 13.6 Å². The van der Waals surface area contributed by atoms with Gasteiger partial charge < -0.3 is 14.2 Å². The van der Waals surface area contributed by atoms with E-state index >= 15 is 0 Å². The molecule has 2 aromatic rings. The Labute approximate surface area is 127 Å². The van der Waals surface area contributed by atoms with E-state index in [1.54, 1.807) is 12.1 Å². The van der Waals surface area contributed by atoms with Crippen LogP contribution in [0.15, 0.2) is 32.0 Å². The van der Waals surface area contributed by atoms with Gasteiger partial charge in [0.15, 0.2) is 5.76 Å². The van der Waals surface area contributed by atoms with E-state index < -0.39 is 5.76 Å². The average molecular weight is 305 g/mol. The number of nitrogens with one attached hydrogen (secondary N) is 1. The maximum Gasteiger partial charge on any atom is 0.437 e. The van der Waals surface area contributed by atoms with Gasteiger partial charge in [0, 0.05) is 6.04 Å². The van der Waals surface area contributed by atoms with Crippen LogP contribution in [0.3, 0.4) is 0 Å². The minimum atomic E-state index is -0.668. The third kappa shape index (κ3) is 3.13. The number of nitrogens with zero attached hydrogens (tertiary/aromatic N) is 2. The van der Waals surface area contributed by atoms with E-state index in [4.69, 9.17) is 8.83 Å². The number of rotatable bonds is 4. The summed E-state index contributed by atoms with van der Waals surface area (Å²) in [6, 6.07) is 3.48. The first-order valence-electron chi connectivity index (χ1n) is 7.54. The molecule has 2 atom stereocenters. The highest BCUT2D eigenvalue weighted by Gasteiger charge is 2.23. The fraction of sp³-hybridized carbons (Fsp3) is 0.533. The summed E-state index contributed by atoms with van der Waals surface area (Å²) in [6.45, 7) is 1.99. The zero-order chi connectivity index (χ0) is 15.5. The molecule has 1 N–H and O–H groups in total. The van der Waals surface area contributed by atoms with Gasteiger partial charge in [-0.3, -0.25) is 4.79 Å². The summed E-state index contributed by atoms with van der Waals surface area (Å²) in [7, 11) is 0. The second-order valence-electron chi connectivity index (χ2n) is 5.74. The lowest BCUT2D eigenvalue weighted by Gasteiger charge is -2.29. The molecule has 22 heavy (non-hydrogen) atoms. The molecule has 0 bridgehead atoms. The van der Waals surface area contributed by atoms with Crippen LogP contribution in [0.5, 0.6) is 0 Å². The highest BCUT2D eigenvalue weighted by Crippen LogP contribution is 2.23. The first kappa shape index (κ1) is 14.6. The van der Waals surface area contributed by atoms with Gasteiger partial charge in [-0.15, -0.1) is 5.10 Å². The number of hydrogen-bond donors (Lipinski definition) is 1. The molecule has 0 saturated heterocycles. The fourth-order valence-corrected chi connectivity index (χ4v) is 2.83. The number of carbonyl (C=O) groups is 1. The minimum Gasteiger partial charge on any atom is -0.459 e. The summed E-state index contributed by atoms with van der Waals surface area (Å²) in [6.07, 6.45) is 5.91. The molecule has 2 unspecified atom stereocenters. The van der Waals surface area contributed by atoms with E-state index in [2.05, 4.69) is 17.3 Å². The zero-order valence-electron chi connectivity index (χ0n) is 12.4. The summed E-state index contributed by atoms with van der Waals surface area (Å²) in [5.74, 6) is 0.00907. The van der Waals surface area contributed by atoms with Gasteiger partial charge in [-0.2, -0.15) is 4.68 Å². The van der Waals surface area contributed by atoms with E-state index in [0.29, 0.717) is 11.7 Å². The molecule has 0 aromatic carbocycles. The Morgan fingerprint density at radius 1 is 1.45 bits per heavy atom. The number of amides is 1. The molecule has 7 heteroatoms. The van der Waals surface area contributed by atoms with E-state index in [0.717, 1.165) is 23.9 Å². The van der Waals surface area contributed by atoms with Crippen molar-refractivity contribution in [3.05, 3.63) is 28.9 Å². The van der Waals surface area contributed by atoms with Crippen LogP contribution < -0.4 is 11.1 Å². The molecular weight excluding hydrogens is 286 g/mol. The Kier molecular flexibility index (Phi) is 4.13. The first-order chi connectivity index (χ1) is 10.6. The van der Waals surface area contributed by atoms with Crippen molar-refractivity contribution in [1.82, 2.24) is 15.1 Å². The quantitative estimate of drug-likeness (QED) is 0.930. The number of furan rings is 1. The molecule has 1 aliphatic carbocycles. The minimum absolute atomic E-state index is 0.0776. The van der Waals surface area contributed by atoms with Crippen molar-refractivity contribution in [1.29, 1.82) is 0 Å². The van der Waals surface area contributed by atoms with Gasteiger partial charge in [-0.05, 0) is 30.9 Å². The summed E-state index contributed by atoms with van der Waals surface area (Å²) >= 11 is 0. The van der Waals surface area contributed by atoms with Crippen LogP contribution in [0.1, 0.15) is 32.6 Å². The topological polar surface area (TPSA) is 90.3 Å². The van der Waals surface area contributed by atoms with Crippen LogP contribution in [0.25, 0.3) is 11.7 Å². The second kappa shape index (κ2) is 6.21. The van der Waals surface area contributed by atoms with Crippen LogP contribution in [-0.4, -0.2) is 21.7 Å². The first-order valence-corrected chi connectivity index (χ1v) is 7.54. The zero-order valence-corrected chi connectivity index (χ0v) is 12.4. The number of carbonyl (C=O) groups excluding carboxylic acids is 1. The molecular formula is C15H19N3O4. The van der Waals surface area contributed by atoms with Crippen molar-refractivity contribution in [2.75, 3.05) is 0 Å². The monoisotopic (exact) mass is 305 g/mol. The third-order valence-corrected chi connectivity index (χ3v) is 4.09. The van der Waals surface area contributed by atoms with Crippen LogP contribution in [-0.2, 0) is 11.3 Å². The smallest absolute Gasteiger partial charge is 0.437 e. The van der Waals surface area contributed by atoms with E-state index in [-0.39, 0.29) is 24.4 Å². The van der Waals surface area contributed by atoms with Gasteiger partial charge in [0.05, 0.1) is 6.26 Å². The highest BCUT2D eigenvalue weighted by molar-refractivity contribution is 5.76. The lowest BCUT2D eigenvalue weighted by Crippen LogP contribution is -2.43. The summed E-state index contributed by atoms with van der Waals surface area (Å²) in [5.41, 5.74) is 0. The highest BCUT2D eigenvalue weighted by atomic mass is 16.4. The second-order valence-corrected chi connectivity index (χ2v) is 5.74. The van der Waals surface area contributed by atoms with Gasteiger partial charge >= 0.3 is 5.76 Å². The maximum atomic E-state index is 12.1. The van der Waals surface area contributed by atoms with E-state index in [1.165, 1.54) is 12.7 Å². The van der Waals surface area contributed by atoms with Crippen LogP contribution >= 0.6 is 0 Å². The van der Waals surface area contributed by atoms with Crippen LogP contribution in [0, 0.1) is 5.92 Å². The Morgan fingerprint density at radius 3 is 3.00 bits per heavy atom. The predicted molar refractivity (Wildman–Crippen MR) is 78.0 cm³/mol. The van der Waals surface area contributed by atoms with Crippen LogP contribution in [0.4, 0.5) is 0 Å². The van der Waals surface area contributed by atoms with Crippen molar-refractivity contribution in [3.8, 4) is 11.7 Å². The average Bonchev–Trinajstić information content (AvgIpc) is 3.12. The molecule has 1 amide bonds. The Balaban J connectivity index is 1.65. The van der Waals surface area contributed by atoms with Gasteiger partial charge in [0.25, 0.3) is 5.89 Å². The number of aromatic nitrogens is 2. The Hall–Kier alpha value is -2.31. The summed E-state index contributed by atoms with van der Waals surface area (Å²) in [4.78, 5) is 23.8. The van der Waals surface area contributed by atoms with Gasteiger partial charge in [-0.1, -0.05) is 19.8 Å². The van der Waals surface area contributed by atoms with Crippen LogP contribution in [0.2, 0.25) is 0 Å². The van der Waals surface area contributed by atoms with Crippen molar-refractivity contribution >= 4 is 5.91 Å². The molecule has 7 nitrogen and oxygen atoms in total. The van der Waals surface area contributed by atoms with Gasteiger partial charge in [0.1, 0.15) is 6.54 Å². The number of hydrogen-bond acceptors (Lipinski definition) is 5. The Bertz CT molecular complexity index is 686. The van der Waals surface area contributed by atoms with Crippen molar-refractivity contribution in [3.63, 3.8) is 0 Å². The normalized spacial score (nSPS) is 21.7. The van der Waals surface area contributed by atoms with E-state index in [9.17, 15) is 9.59 Å². The molecule has 1 fully saturated rings. The predicted octanol–water partition coefficient (Wildman–Crippen LogP) is 1.79. The van der Waals surface area contributed by atoms with E-state index in [1.807, 2.05) is 0 Å². The molecule has 1 saturated carbocycles. The maximum absolute atomic E-state index is 12.1. The Morgan fingerprint density at radius 2 is 2.27 bits per heavy atom. The van der Waals surface area contributed by atoms with Gasteiger partial charge in [-0.25, -0.2) is 4.79 Å². The molecule has 1 aliphatic rings. The molecule has 0 aliphatic heterocycles. The largest absolute Gasteiger partial charge is 0.459 e.